The van der Waals surface area contributed by atoms with Crippen molar-refractivity contribution in [2.75, 3.05) is 18.4 Å². The number of aromatic nitrogens is 1. The molecular formula is C22H25N3O4. The Kier molecular flexibility index (Phi) is 4.64. The monoisotopic (exact) mass is 395 g/mol. The number of hydrogen-bond acceptors (Lipinski definition) is 6. The number of aromatic carboxylic acids is 1. The van der Waals surface area contributed by atoms with Crippen molar-refractivity contribution < 1.29 is 19.4 Å². The molecule has 0 unspecified atom stereocenters. The molecule has 3 aliphatic rings. The zero-order valence-corrected chi connectivity index (χ0v) is 16.3. The number of ether oxygens (including phenoxy) is 2. The Morgan fingerprint density at radius 2 is 2.03 bits per heavy atom. The molecule has 2 aliphatic heterocycles. The smallest absolute Gasteiger partial charge is 0.337 e. The molecule has 1 aromatic heterocycles. The quantitative estimate of drug-likeness (QED) is 0.815. The van der Waals surface area contributed by atoms with Gasteiger partial charge in [0.1, 0.15) is 11.6 Å². The number of benzene rings is 1. The van der Waals surface area contributed by atoms with Gasteiger partial charge in [0.15, 0.2) is 0 Å². The number of likely N-dealkylation sites (tertiary alicyclic amines) is 1. The number of carboxylic acid groups (broad SMARTS) is 1. The van der Waals surface area contributed by atoms with Gasteiger partial charge in [-0.1, -0.05) is 6.42 Å². The minimum Gasteiger partial charge on any atom is -0.478 e. The molecular weight excluding hydrogens is 370 g/mol. The van der Waals surface area contributed by atoms with E-state index in [2.05, 4.69) is 15.2 Å². The topological polar surface area (TPSA) is 83.9 Å². The van der Waals surface area contributed by atoms with Crippen molar-refractivity contribution >= 4 is 17.5 Å². The fourth-order valence-corrected chi connectivity index (χ4v) is 4.28. The number of nitrogens with one attached hydrogen (secondary N) is 1. The van der Waals surface area contributed by atoms with Gasteiger partial charge in [-0.3, -0.25) is 4.90 Å². The number of hydrogen-bond donors (Lipinski definition) is 2. The normalized spacial score (nSPS) is 21.1. The molecule has 0 bridgehead atoms. The van der Waals surface area contributed by atoms with Crippen LogP contribution < -0.4 is 10.1 Å². The molecule has 2 fully saturated rings. The van der Waals surface area contributed by atoms with Crippen LogP contribution in [0.25, 0.3) is 0 Å². The molecule has 2 N–H and O–H groups in total. The summed E-state index contributed by atoms with van der Waals surface area (Å²) in [5, 5.41) is 12.2. The van der Waals surface area contributed by atoms with Crippen molar-refractivity contribution in [1.82, 2.24) is 9.88 Å². The first-order chi connectivity index (χ1) is 14.1. The number of anilines is 2. The Bertz CT molecular complexity index is 903. The largest absolute Gasteiger partial charge is 0.478 e. The van der Waals surface area contributed by atoms with Gasteiger partial charge in [0.2, 0.25) is 5.79 Å². The van der Waals surface area contributed by atoms with Gasteiger partial charge in [-0.25, -0.2) is 9.78 Å². The summed E-state index contributed by atoms with van der Waals surface area (Å²) in [6, 6.07) is 9.89. The summed E-state index contributed by atoms with van der Waals surface area (Å²) in [4.78, 5) is 17.7. The second kappa shape index (κ2) is 7.31. The van der Waals surface area contributed by atoms with Crippen LogP contribution in [0.15, 0.2) is 36.5 Å². The first-order valence-electron chi connectivity index (χ1n) is 10.3. The molecule has 1 aromatic carbocycles. The van der Waals surface area contributed by atoms with Crippen LogP contribution in [0.3, 0.4) is 0 Å². The molecule has 29 heavy (non-hydrogen) atoms. The molecule has 0 amide bonds. The van der Waals surface area contributed by atoms with E-state index in [0.717, 1.165) is 49.0 Å². The van der Waals surface area contributed by atoms with Gasteiger partial charge in [0, 0.05) is 49.4 Å². The predicted molar refractivity (Wildman–Crippen MR) is 108 cm³/mol. The summed E-state index contributed by atoms with van der Waals surface area (Å²) in [6.07, 6.45) is 7.19. The first kappa shape index (κ1) is 18.4. The number of carbonyl (C=O) groups is 1. The van der Waals surface area contributed by atoms with Crippen LogP contribution in [0, 0.1) is 0 Å². The maximum Gasteiger partial charge on any atom is 0.337 e. The minimum atomic E-state index is -0.987. The highest BCUT2D eigenvalue weighted by Crippen LogP contribution is 2.40. The van der Waals surface area contributed by atoms with E-state index in [1.807, 2.05) is 18.2 Å². The van der Waals surface area contributed by atoms with E-state index in [4.69, 9.17) is 14.6 Å². The second-order valence-electron chi connectivity index (χ2n) is 8.11. The zero-order valence-electron chi connectivity index (χ0n) is 16.3. The minimum absolute atomic E-state index is 0.163. The van der Waals surface area contributed by atoms with Crippen LogP contribution in [-0.2, 0) is 11.3 Å². The number of pyridine rings is 1. The van der Waals surface area contributed by atoms with E-state index in [-0.39, 0.29) is 5.56 Å². The van der Waals surface area contributed by atoms with Crippen molar-refractivity contribution in [3.8, 4) is 5.75 Å². The molecule has 7 nitrogen and oxygen atoms in total. The Labute approximate surface area is 169 Å². The first-order valence-corrected chi connectivity index (χ1v) is 10.3. The fraction of sp³-hybridized carbons (Fsp3) is 0.455. The standard InChI is InChI=1S/C22H25N3O4/c26-21(27)15-4-7-20(23-13-15)24-17-5-6-19-16(12-17)14-28-22(29-19)8-10-25(11-9-22)18-2-1-3-18/h4-7,12-13,18H,1-3,8-11,14H2,(H,23,24)(H,26,27). The van der Waals surface area contributed by atoms with Gasteiger partial charge in [-0.05, 0) is 43.2 Å². The fourth-order valence-electron chi connectivity index (χ4n) is 4.28. The SMILES string of the molecule is O=C(O)c1ccc(Nc2ccc3c(c2)COC2(CCN(C4CCC4)CC2)O3)nc1. The summed E-state index contributed by atoms with van der Waals surface area (Å²) < 4.78 is 12.5. The Morgan fingerprint density at radius 3 is 2.69 bits per heavy atom. The lowest BCUT2D eigenvalue weighted by Gasteiger charge is -2.47. The molecule has 1 spiro atoms. The lowest BCUT2D eigenvalue weighted by molar-refractivity contribution is -0.231. The van der Waals surface area contributed by atoms with Crippen molar-refractivity contribution in [2.24, 2.45) is 0 Å². The molecule has 1 saturated heterocycles. The van der Waals surface area contributed by atoms with E-state index in [1.165, 1.54) is 31.5 Å². The maximum absolute atomic E-state index is 10.9. The third-order valence-electron chi connectivity index (χ3n) is 6.28. The summed E-state index contributed by atoms with van der Waals surface area (Å²) >= 11 is 0. The summed E-state index contributed by atoms with van der Waals surface area (Å²) in [5.41, 5.74) is 2.03. The molecule has 5 rings (SSSR count). The number of rotatable bonds is 4. The molecule has 2 aromatic rings. The molecule has 7 heteroatoms. The van der Waals surface area contributed by atoms with Crippen LogP contribution in [0.5, 0.6) is 5.75 Å². The lowest BCUT2D eigenvalue weighted by Crippen LogP contribution is -2.54. The van der Waals surface area contributed by atoms with E-state index in [1.54, 1.807) is 6.07 Å². The van der Waals surface area contributed by atoms with E-state index < -0.39 is 11.8 Å². The second-order valence-corrected chi connectivity index (χ2v) is 8.11. The molecule has 0 radical (unpaired) electrons. The number of carboxylic acids is 1. The van der Waals surface area contributed by atoms with Gasteiger partial charge in [-0.15, -0.1) is 0 Å². The Hall–Kier alpha value is -2.64. The van der Waals surface area contributed by atoms with Crippen LogP contribution in [0.1, 0.15) is 48.0 Å². The molecule has 3 heterocycles. The Morgan fingerprint density at radius 1 is 1.21 bits per heavy atom. The van der Waals surface area contributed by atoms with Gasteiger partial charge >= 0.3 is 5.97 Å². The summed E-state index contributed by atoms with van der Waals surface area (Å²) in [5.74, 6) is -0.00348. The molecule has 1 saturated carbocycles. The summed E-state index contributed by atoms with van der Waals surface area (Å²) in [7, 11) is 0. The highest BCUT2D eigenvalue weighted by Gasteiger charge is 2.42. The Balaban J connectivity index is 1.24. The molecule has 0 atom stereocenters. The zero-order chi connectivity index (χ0) is 19.8. The van der Waals surface area contributed by atoms with Crippen molar-refractivity contribution in [3.05, 3.63) is 47.7 Å². The lowest BCUT2D eigenvalue weighted by atomic mass is 9.89. The average molecular weight is 395 g/mol. The number of fused-ring (bicyclic) bond motifs is 1. The van der Waals surface area contributed by atoms with E-state index in [9.17, 15) is 4.79 Å². The third-order valence-corrected chi connectivity index (χ3v) is 6.28. The number of nitrogens with zero attached hydrogens (tertiary/aromatic N) is 2. The maximum atomic E-state index is 10.9. The van der Waals surface area contributed by atoms with E-state index >= 15 is 0 Å². The highest BCUT2D eigenvalue weighted by atomic mass is 16.7. The van der Waals surface area contributed by atoms with Gasteiger partial charge in [-0.2, -0.15) is 0 Å². The summed E-state index contributed by atoms with van der Waals surface area (Å²) in [6.45, 7) is 2.61. The van der Waals surface area contributed by atoms with Crippen molar-refractivity contribution in [3.63, 3.8) is 0 Å². The van der Waals surface area contributed by atoms with Crippen LogP contribution in [-0.4, -0.2) is 45.9 Å². The van der Waals surface area contributed by atoms with Gasteiger partial charge < -0.3 is 19.9 Å². The molecule has 152 valence electrons. The van der Waals surface area contributed by atoms with Crippen LogP contribution >= 0.6 is 0 Å². The van der Waals surface area contributed by atoms with Crippen LogP contribution in [0.2, 0.25) is 0 Å². The van der Waals surface area contributed by atoms with E-state index in [0.29, 0.717) is 12.4 Å². The van der Waals surface area contributed by atoms with Gasteiger partial charge in [0.05, 0.1) is 12.2 Å². The van der Waals surface area contributed by atoms with Gasteiger partial charge in [0.25, 0.3) is 0 Å². The van der Waals surface area contributed by atoms with Crippen molar-refractivity contribution in [1.29, 1.82) is 0 Å². The number of piperidine rings is 1. The average Bonchev–Trinajstić information content (AvgIpc) is 2.69. The van der Waals surface area contributed by atoms with Crippen molar-refractivity contribution in [2.45, 2.75) is 50.5 Å². The third kappa shape index (κ3) is 3.68. The predicted octanol–water partition coefficient (Wildman–Crippen LogP) is 3.78. The van der Waals surface area contributed by atoms with Crippen LogP contribution in [0.4, 0.5) is 11.5 Å². The highest BCUT2D eigenvalue weighted by molar-refractivity contribution is 5.87. The molecule has 1 aliphatic carbocycles.